The second-order valence-electron chi connectivity index (χ2n) is 25.1. The molecular formula is C71H70N4O. The largest absolute Gasteiger partial charge is 0.457 e. The first-order chi connectivity index (χ1) is 37.0. The van der Waals surface area contributed by atoms with Crippen molar-refractivity contribution in [1.82, 2.24) is 14.1 Å². The third-order valence-electron chi connectivity index (χ3n) is 15.3. The standard InChI is InChI=1S/C71H70N4O/c1-68(2,3)43-45-36-46(38-49(37-45)71(10,11)12)53-25-18-26-60-61-39-47(69(4,5)6)30-32-56(61)54-22-13-14-23-55(54)59-27-19-29-63-67(59)74(66(53)60)44-73(63)50-20-17-21-51(41-50)76-52-31-33-58-57-24-15-16-28-62(57)75(64(58)42-52)65-40-48(34-35-72-65)70(7,8)9/h13-42H,43-44H2,1-12H3/i43D2. The Morgan fingerprint density at radius 3 is 1.82 bits per heavy atom. The number of nitrogens with zero attached hydrogens (tertiary/aromatic N) is 4. The van der Waals surface area contributed by atoms with Crippen molar-refractivity contribution in [3.8, 4) is 28.4 Å². The highest BCUT2D eigenvalue weighted by molar-refractivity contribution is 6.22. The minimum atomic E-state index is -1.61. The molecule has 5 nitrogen and oxygen atoms in total. The minimum Gasteiger partial charge on any atom is -0.457 e. The smallest absolute Gasteiger partial charge is 0.137 e. The summed E-state index contributed by atoms with van der Waals surface area (Å²) in [6, 6.07) is 63.8. The molecule has 0 unspecified atom stereocenters. The van der Waals surface area contributed by atoms with E-state index in [0.717, 1.165) is 83.6 Å². The van der Waals surface area contributed by atoms with Crippen molar-refractivity contribution in [3.05, 3.63) is 204 Å². The van der Waals surface area contributed by atoms with E-state index < -0.39 is 11.8 Å². The van der Waals surface area contributed by atoms with E-state index in [1.54, 1.807) is 0 Å². The molecule has 1 aliphatic rings. The first kappa shape index (κ1) is 46.6. The molecule has 0 aliphatic carbocycles. The van der Waals surface area contributed by atoms with Gasteiger partial charge in [0.25, 0.3) is 0 Å². The summed E-state index contributed by atoms with van der Waals surface area (Å²) in [6.45, 7) is 26.8. The molecule has 0 radical (unpaired) electrons. The molecule has 380 valence electrons. The molecule has 0 bridgehead atoms. The fraction of sp³-hybridized carbons (Fsp3) is 0.254. The Bertz CT molecular complexity index is 4300. The molecular weight excluding hydrogens is 925 g/mol. The summed E-state index contributed by atoms with van der Waals surface area (Å²) in [5, 5.41) is 9.27. The van der Waals surface area contributed by atoms with E-state index in [1.807, 2.05) is 33.0 Å². The van der Waals surface area contributed by atoms with Gasteiger partial charge in [-0.3, -0.25) is 4.57 Å². The van der Waals surface area contributed by atoms with Gasteiger partial charge in [0, 0.05) is 53.9 Å². The van der Waals surface area contributed by atoms with Gasteiger partial charge in [-0.05, 0) is 132 Å². The van der Waals surface area contributed by atoms with Crippen molar-refractivity contribution >= 4 is 76.5 Å². The lowest BCUT2D eigenvalue weighted by Crippen LogP contribution is -2.15. The summed E-state index contributed by atoms with van der Waals surface area (Å²) in [7, 11) is 0. The Labute approximate surface area is 451 Å². The van der Waals surface area contributed by atoms with E-state index in [-0.39, 0.29) is 16.2 Å². The van der Waals surface area contributed by atoms with Crippen LogP contribution in [0.3, 0.4) is 0 Å². The van der Waals surface area contributed by atoms with Gasteiger partial charge >= 0.3 is 0 Å². The van der Waals surface area contributed by atoms with Crippen LogP contribution in [0.2, 0.25) is 0 Å². The molecule has 1 aliphatic heterocycles. The highest BCUT2D eigenvalue weighted by Gasteiger charge is 2.28. The summed E-state index contributed by atoms with van der Waals surface area (Å²) < 4.78 is 31.1. The third-order valence-corrected chi connectivity index (χ3v) is 15.3. The summed E-state index contributed by atoms with van der Waals surface area (Å²) in [5.41, 5.74) is 11.7. The normalized spacial score (nSPS) is 13.8. The Morgan fingerprint density at radius 1 is 0.474 bits per heavy atom. The fourth-order valence-corrected chi connectivity index (χ4v) is 11.5. The van der Waals surface area contributed by atoms with E-state index in [0.29, 0.717) is 12.2 Å². The number of aromatic nitrogens is 3. The molecule has 76 heavy (non-hydrogen) atoms. The van der Waals surface area contributed by atoms with Crippen LogP contribution in [0.5, 0.6) is 11.5 Å². The molecule has 0 saturated heterocycles. The SMILES string of the molecule is [2H]C([2H])(c1cc(-c2cccc3c4cc(C(C)(C)C)ccc4c4ccccc4c4cccc5c4n(c23)CN5c2cccc(Oc3ccc4c5ccccc5n(-c5cc(C(C)(C)C)ccn5)c4c3)c2)cc(C(C)(C)C)c1)C(C)(C)C. The molecule has 0 atom stereocenters. The van der Waals surface area contributed by atoms with Crippen molar-refractivity contribution in [2.75, 3.05) is 4.90 Å². The maximum absolute atomic E-state index is 9.67. The zero-order chi connectivity index (χ0) is 54.8. The summed E-state index contributed by atoms with van der Waals surface area (Å²) in [5.74, 6) is 2.34. The third kappa shape index (κ3) is 8.74. The van der Waals surface area contributed by atoms with Crippen molar-refractivity contribution in [3.63, 3.8) is 0 Å². The number of rotatable bonds is 6. The quantitative estimate of drug-likeness (QED) is 0.167. The van der Waals surface area contributed by atoms with Crippen LogP contribution in [0, 0.1) is 5.41 Å². The Morgan fingerprint density at radius 2 is 1.08 bits per heavy atom. The molecule has 3 aromatic heterocycles. The van der Waals surface area contributed by atoms with E-state index in [9.17, 15) is 2.74 Å². The zero-order valence-electron chi connectivity index (χ0n) is 48.2. The highest BCUT2D eigenvalue weighted by atomic mass is 16.5. The maximum atomic E-state index is 9.67. The number of pyridine rings is 1. The van der Waals surface area contributed by atoms with Crippen LogP contribution in [0.25, 0.3) is 82.1 Å². The van der Waals surface area contributed by atoms with Gasteiger partial charge in [0.15, 0.2) is 0 Å². The highest BCUT2D eigenvalue weighted by Crippen LogP contribution is 2.46. The van der Waals surface area contributed by atoms with Crippen molar-refractivity contribution in [2.24, 2.45) is 5.41 Å². The average molecular weight is 997 g/mol. The number of hydrogen-bond donors (Lipinski definition) is 0. The Kier molecular flexibility index (Phi) is 11.0. The van der Waals surface area contributed by atoms with Crippen LogP contribution in [-0.2, 0) is 29.3 Å². The Hall–Kier alpha value is -7.89. The summed E-state index contributed by atoms with van der Waals surface area (Å²) >= 11 is 0. The molecule has 0 saturated carbocycles. The summed E-state index contributed by atoms with van der Waals surface area (Å²) in [6.07, 6.45) is 0.306. The van der Waals surface area contributed by atoms with E-state index >= 15 is 0 Å². The van der Waals surface area contributed by atoms with Crippen molar-refractivity contribution < 1.29 is 7.48 Å². The van der Waals surface area contributed by atoms with Crippen LogP contribution >= 0.6 is 0 Å². The lowest BCUT2D eigenvalue weighted by molar-refractivity contribution is 0.411. The van der Waals surface area contributed by atoms with Crippen LogP contribution in [0.4, 0.5) is 11.4 Å². The number of ether oxygens (including phenoxy) is 1. The van der Waals surface area contributed by atoms with Gasteiger partial charge in [-0.1, -0.05) is 192 Å². The molecule has 0 spiro atoms. The zero-order valence-corrected chi connectivity index (χ0v) is 46.2. The second kappa shape index (κ2) is 17.9. The molecule has 0 fully saturated rings. The van der Waals surface area contributed by atoms with Crippen molar-refractivity contribution in [1.29, 1.82) is 0 Å². The van der Waals surface area contributed by atoms with Crippen LogP contribution in [-0.4, -0.2) is 14.1 Å². The van der Waals surface area contributed by atoms with Gasteiger partial charge in [0.05, 0.1) is 27.8 Å². The minimum absolute atomic E-state index is 0.0373. The summed E-state index contributed by atoms with van der Waals surface area (Å²) in [4.78, 5) is 7.35. The van der Waals surface area contributed by atoms with Crippen LogP contribution in [0.1, 0.15) is 108 Å². The molecule has 12 rings (SSSR count). The molecule has 4 heterocycles. The lowest BCUT2D eigenvalue weighted by Gasteiger charge is -2.25. The molecule has 0 amide bonds. The van der Waals surface area contributed by atoms with E-state index in [4.69, 9.17) is 9.72 Å². The molecule has 8 aromatic carbocycles. The van der Waals surface area contributed by atoms with Crippen LogP contribution in [0.15, 0.2) is 182 Å². The second-order valence-corrected chi connectivity index (χ2v) is 25.1. The van der Waals surface area contributed by atoms with Gasteiger partial charge in [0.2, 0.25) is 0 Å². The van der Waals surface area contributed by atoms with Crippen LogP contribution < -0.4 is 9.64 Å². The number of hydrogen-bond acceptors (Lipinski definition) is 3. The monoisotopic (exact) mass is 997 g/mol. The number of anilines is 2. The van der Waals surface area contributed by atoms with Gasteiger partial charge in [-0.15, -0.1) is 0 Å². The molecule has 11 aromatic rings. The lowest BCUT2D eigenvalue weighted by atomic mass is 9.81. The van der Waals surface area contributed by atoms with Gasteiger partial charge in [-0.25, -0.2) is 4.98 Å². The van der Waals surface area contributed by atoms with E-state index in [1.165, 1.54) is 38.1 Å². The number of benzene rings is 8. The predicted octanol–water partition coefficient (Wildman–Crippen LogP) is 19.8. The first-order valence-electron chi connectivity index (χ1n) is 28.0. The number of fused-ring (bicyclic) bond motifs is 10. The topological polar surface area (TPSA) is 35.2 Å². The van der Waals surface area contributed by atoms with Gasteiger partial charge < -0.3 is 14.2 Å². The predicted molar refractivity (Wildman–Crippen MR) is 324 cm³/mol. The fourth-order valence-electron chi connectivity index (χ4n) is 11.5. The van der Waals surface area contributed by atoms with Gasteiger partial charge in [-0.2, -0.15) is 0 Å². The molecule has 0 N–H and O–H groups in total. The average Bonchev–Trinajstić information content (AvgIpc) is 4.06. The maximum Gasteiger partial charge on any atom is 0.137 e. The number of para-hydroxylation sites is 3. The van der Waals surface area contributed by atoms with Gasteiger partial charge in [0.1, 0.15) is 24.0 Å². The first-order valence-corrected chi connectivity index (χ1v) is 27.0. The molecule has 5 heteroatoms. The van der Waals surface area contributed by atoms with Crippen molar-refractivity contribution in [2.45, 2.75) is 112 Å². The van der Waals surface area contributed by atoms with E-state index in [2.05, 4.69) is 246 Å². The Balaban J connectivity index is 1.09.